The Kier molecular flexibility index (Phi) is 3.30. The second-order valence-corrected chi connectivity index (χ2v) is 5.06. The van der Waals surface area contributed by atoms with Crippen molar-refractivity contribution in [1.29, 1.82) is 0 Å². The smallest absolute Gasteiger partial charge is 0.122 e. The fraction of sp³-hybridized carbons (Fsp3) is 0.375. The van der Waals surface area contributed by atoms with E-state index in [-0.39, 0.29) is 0 Å². The molecule has 0 aliphatic carbocycles. The molecule has 1 aliphatic heterocycles. The van der Waals surface area contributed by atoms with Crippen LogP contribution in [0.15, 0.2) is 41.0 Å². The van der Waals surface area contributed by atoms with Gasteiger partial charge in [0.1, 0.15) is 11.5 Å². The molecule has 0 saturated carbocycles. The van der Waals surface area contributed by atoms with Crippen LogP contribution in [0.4, 0.5) is 0 Å². The van der Waals surface area contributed by atoms with E-state index in [0.29, 0.717) is 12.3 Å². The van der Waals surface area contributed by atoms with E-state index in [1.807, 2.05) is 31.2 Å². The van der Waals surface area contributed by atoms with Crippen molar-refractivity contribution in [3.8, 4) is 5.75 Å². The summed E-state index contributed by atoms with van der Waals surface area (Å²) in [7, 11) is 0. The molecule has 0 fully saturated rings. The van der Waals surface area contributed by atoms with Gasteiger partial charge in [0, 0.05) is 5.56 Å². The van der Waals surface area contributed by atoms with E-state index in [4.69, 9.17) is 9.15 Å². The second-order valence-electron chi connectivity index (χ2n) is 5.06. The van der Waals surface area contributed by atoms with Gasteiger partial charge in [-0.2, -0.15) is 0 Å². The molecule has 2 heterocycles. The van der Waals surface area contributed by atoms with Gasteiger partial charge < -0.3 is 14.3 Å². The fourth-order valence-electron chi connectivity index (χ4n) is 2.80. The molecule has 0 amide bonds. The molecule has 1 aliphatic rings. The van der Waals surface area contributed by atoms with E-state index >= 15 is 0 Å². The summed E-state index contributed by atoms with van der Waals surface area (Å²) in [4.78, 5) is 0. The topological polar surface area (TPSA) is 42.6 Å². The van der Waals surface area contributed by atoms with Crippen LogP contribution in [0, 0.1) is 6.92 Å². The zero-order chi connectivity index (χ0) is 13.2. The lowest BCUT2D eigenvalue weighted by molar-refractivity contribution is 0.143. The summed E-state index contributed by atoms with van der Waals surface area (Å²) in [6, 6.07) is 9.95. The molecular formula is C16H18O3. The number of ether oxygens (including phenoxy) is 1. The summed E-state index contributed by atoms with van der Waals surface area (Å²) in [6.07, 6.45) is 2.81. The first-order valence-electron chi connectivity index (χ1n) is 6.69. The molecule has 0 bridgehead atoms. The Bertz CT molecular complexity index is 559. The van der Waals surface area contributed by atoms with Crippen molar-refractivity contribution in [2.24, 2.45) is 0 Å². The number of para-hydroxylation sites is 1. The largest absolute Gasteiger partial charge is 0.493 e. The minimum Gasteiger partial charge on any atom is -0.493 e. The first-order valence-corrected chi connectivity index (χ1v) is 6.69. The Morgan fingerprint density at radius 3 is 2.95 bits per heavy atom. The fourth-order valence-corrected chi connectivity index (χ4v) is 2.80. The van der Waals surface area contributed by atoms with Crippen LogP contribution < -0.4 is 4.74 Å². The van der Waals surface area contributed by atoms with Gasteiger partial charge in [-0.3, -0.25) is 0 Å². The highest BCUT2D eigenvalue weighted by Gasteiger charge is 2.25. The average molecular weight is 258 g/mol. The van der Waals surface area contributed by atoms with Crippen molar-refractivity contribution in [3.05, 3.63) is 53.5 Å². The van der Waals surface area contributed by atoms with Crippen molar-refractivity contribution < 1.29 is 14.3 Å². The third-order valence-corrected chi connectivity index (χ3v) is 3.85. The number of aliphatic hydroxyl groups is 1. The number of benzene rings is 1. The zero-order valence-electron chi connectivity index (χ0n) is 11.0. The monoisotopic (exact) mass is 258 g/mol. The van der Waals surface area contributed by atoms with Crippen LogP contribution >= 0.6 is 0 Å². The molecule has 2 unspecified atom stereocenters. The van der Waals surface area contributed by atoms with Crippen LogP contribution in [-0.2, 0) is 0 Å². The van der Waals surface area contributed by atoms with E-state index in [9.17, 15) is 5.11 Å². The van der Waals surface area contributed by atoms with Crippen molar-refractivity contribution in [2.75, 3.05) is 6.61 Å². The minimum absolute atomic E-state index is 0.342. The van der Waals surface area contributed by atoms with Crippen LogP contribution in [0.2, 0.25) is 0 Å². The molecule has 19 heavy (non-hydrogen) atoms. The standard InChI is InChI=1S/C16H18O3/c1-11-13(7-9-18-11)15(17)10-12-6-8-19-16-5-3-2-4-14(12)16/h2-5,7,9,12,15,17H,6,8,10H2,1H3. The van der Waals surface area contributed by atoms with Gasteiger partial charge in [0.05, 0.1) is 19.0 Å². The number of rotatable bonds is 3. The third kappa shape index (κ3) is 2.38. The molecule has 2 atom stereocenters. The average Bonchev–Trinajstić information content (AvgIpc) is 2.85. The number of aliphatic hydroxyl groups excluding tert-OH is 1. The predicted molar refractivity (Wildman–Crippen MR) is 72.3 cm³/mol. The van der Waals surface area contributed by atoms with Gasteiger partial charge in [0.2, 0.25) is 0 Å². The van der Waals surface area contributed by atoms with Crippen LogP contribution in [-0.4, -0.2) is 11.7 Å². The van der Waals surface area contributed by atoms with Gasteiger partial charge in [-0.15, -0.1) is 0 Å². The summed E-state index contributed by atoms with van der Waals surface area (Å²) >= 11 is 0. The van der Waals surface area contributed by atoms with Crippen molar-refractivity contribution in [1.82, 2.24) is 0 Å². The van der Waals surface area contributed by atoms with E-state index < -0.39 is 6.10 Å². The predicted octanol–water partition coefficient (Wildman–Crippen LogP) is 3.58. The number of fused-ring (bicyclic) bond motifs is 1. The van der Waals surface area contributed by atoms with Crippen molar-refractivity contribution in [3.63, 3.8) is 0 Å². The number of furan rings is 1. The molecule has 3 rings (SSSR count). The Labute approximate surface area is 112 Å². The third-order valence-electron chi connectivity index (χ3n) is 3.85. The normalized spacial score (nSPS) is 19.6. The quantitative estimate of drug-likeness (QED) is 0.915. The van der Waals surface area contributed by atoms with Gasteiger partial charge in [-0.1, -0.05) is 18.2 Å². The molecule has 0 radical (unpaired) electrons. The summed E-state index contributed by atoms with van der Waals surface area (Å²) in [6.45, 7) is 2.61. The molecular weight excluding hydrogens is 240 g/mol. The Balaban J connectivity index is 1.80. The lowest BCUT2D eigenvalue weighted by Crippen LogP contribution is -2.16. The maximum Gasteiger partial charge on any atom is 0.122 e. The van der Waals surface area contributed by atoms with Crippen LogP contribution in [0.1, 0.15) is 41.8 Å². The molecule has 100 valence electrons. The summed E-state index contributed by atoms with van der Waals surface area (Å²) < 4.78 is 10.9. The summed E-state index contributed by atoms with van der Waals surface area (Å²) in [5, 5.41) is 10.4. The van der Waals surface area contributed by atoms with E-state index in [0.717, 1.165) is 30.1 Å². The first kappa shape index (κ1) is 12.3. The van der Waals surface area contributed by atoms with Gasteiger partial charge in [0.15, 0.2) is 0 Å². The van der Waals surface area contributed by atoms with E-state index in [1.54, 1.807) is 6.26 Å². The van der Waals surface area contributed by atoms with Gasteiger partial charge in [-0.05, 0) is 43.4 Å². The van der Waals surface area contributed by atoms with Crippen LogP contribution in [0.5, 0.6) is 5.75 Å². The number of hydrogen-bond donors (Lipinski definition) is 1. The summed E-state index contributed by atoms with van der Waals surface area (Å²) in [5.41, 5.74) is 2.10. The molecule has 0 spiro atoms. The van der Waals surface area contributed by atoms with Gasteiger partial charge in [0.25, 0.3) is 0 Å². The van der Waals surface area contributed by atoms with Crippen molar-refractivity contribution in [2.45, 2.75) is 31.8 Å². The van der Waals surface area contributed by atoms with Gasteiger partial charge in [-0.25, -0.2) is 0 Å². The lowest BCUT2D eigenvalue weighted by atomic mass is 9.87. The van der Waals surface area contributed by atoms with Crippen LogP contribution in [0.25, 0.3) is 0 Å². The molecule has 0 saturated heterocycles. The minimum atomic E-state index is -0.477. The lowest BCUT2D eigenvalue weighted by Gasteiger charge is -2.27. The first-order chi connectivity index (χ1) is 9.25. The summed E-state index contributed by atoms with van der Waals surface area (Å²) in [5.74, 6) is 2.09. The van der Waals surface area contributed by atoms with Gasteiger partial charge >= 0.3 is 0 Å². The highest BCUT2D eigenvalue weighted by Crippen LogP contribution is 2.39. The van der Waals surface area contributed by atoms with E-state index in [2.05, 4.69) is 6.07 Å². The Morgan fingerprint density at radius 2 is 2.16 bits per heavy atom. The van der Waals surface area contributed by atoms with Crippen molar-refractivity contribution >= 4 is 0 Å². The molecule has 1 N–H and O–H groups in total. The molecule has 3 heteroatoms. The maximum atomic E-state index is 10.4. The maximum absolute atomic E-state index is 10.4. The molecule has 1 aromatic carbocycles. The van der Waals surface area contributed by atoms with Crippen LogP contribution in [0.3, 0.4) is 0 Å². The highest BCUT2D eigenvalue weighted by atomic mass is 16.5. The second kappa shape index (κ2) is 5.10. The van der Waals surface area contributed by atoms with E-state index in [1.165, 1.54) is 5.56 Å². The number of aryl methyl sites for hydroxylation is 1. The molecule has 2 aromatic rings. The number of hydrogen-bond acceptors (Lipinski definition) is 3. The Hall–Kier alpha value is -1.74. The Morgan fingerprint density at radius 1 is 1.32 bits per heavy atom. The molecule has 1 aromatic heterocycles. The molecule has 3 nitrogen and oxygen atoms in total. The zero-order valence-corrected chi connectivity index (χ0v) is 11.0. The SMILES string of the molecule is Cc1occc1C(O)CC1CCOc2ccccc21. The highest BCUT2D eigenvalue weighted by molar-refractivity contribution is 5.38.